The molecule has 1 aromatic carbocycles. The quantitative estimate of drug-likeness (QED) is 0.370. The zero-order valence-corrected chi connectivity index (χ0v) is 17.0. The van der Waals surface area contributed by atoms with Crippen molar-refractivity contribution in [2.75, 3.05) is 18.4 Å². The van der Waals surface area contributed by atoms with Crippen molar-refractivity contribution < 1.29 is 14.0 Å². The molecule has 162 valence electrons. The fraction of sp³-hybridized carbons (Fsp3) is 0.227. The number of carbonyl (C=O) groups is 2. The van der Waals surface area contributed by atoms with Crippen molar-refractivity contribution in [3.05, 3.63) is 66.5 Å². The first-order valence-corrected chi connectivity index (χ1v) is 10.3. The molecule has 0 saturated carbocycles. The standard InChI is InChI=1S/C22H20FN7O2/c23-17-13-25-21(30-11-8-26-28-30)19-18(17)16(12-24-19)20(31)22(32)29-9-6-15(7-10-29)27-14-4-2-1-3-5-14/h1-5,8,11-13,15,24,27H,6-7,9-10H2. The van der Waals surface area contributed by atoms with E-state index in [1.165, 1.54) is 22.0 Å². The van der Waals surface area contributed by atoms with Crippen molar-refractivity contribution in [3.63, 3.8) is 0 Å². The molecular weight excluding hydrogens is 413 g/mol. The van der Waals surface area contributed by atoms with Gasteiger partial charge in [-0.1, -0.05) is 23.4 Å². The van der Waals surface area contributed by atoms with Crippen LogP contribution in [0.15, 0.2) is 55.1 Å². The second-order valence-corrected chi connectivity index (χ2v) is 7.64. The molecule has 1 amide bonds. The van der Waals surface area contributed by atoms with Gasteiger partial charge >= 0.3 is 0 Å². The number of carbonyl (C=O) groups excluding carboxylic acids is 2. The van der Waals surface area contributed by atoms with E-state index in [-0.39, 0.29) is 28.3 Å². The van der Waals surface area contributed by atoms with E-state index in [0.29, 0.717) is 13.1 Å². The molecule has 0 spiro atoms. The van der Waals surface area contributed by atoms with Gasteiger partial charge in [0.2, 0.25) is 0 Å². The van der Waals surface area contributed by atoms with Crippen molar-refractivity contribution >= 4 is 28.3 Å². The van der Waals surface area contributed by atoms with Crippen LogP contribution >= 0.6 is 0 Å². The molecular formula is C22H20FN7O2. The van der Waals surface area contributed by atoms with Crippen molar-refractivity contribution in [1.29, 1.82) is 0 Å². The third-order valence-corrected chi connectivity index (χ3v) is 5.65. The predicted octanol–water partition coefficient (Wildman–Crippen LogP) is 2.57. The topological polar surface area (TPSA) is 109 Å². The zero-order chi connectivity index (χ0) is 22.1. The SMILES string of the molecule is O=C(C(=O)N1CCC(Nc2ccccc2)CC1)c1c[nH]c2c(-n3ccnn3)ncc(F)c12. The van der Waals surface area contributed by atoms with Crippen LogP contribution in [-0.4, -0.2) is 60.7 Å². The van der Waals surface area contributed by atoms with Gasteiger partial charge in [0.05, 0.1) is 35.1 Å². The molecule has 5 rings (SSSR count). The number of para-hydroxylation sites is 1. The van der Waals surface area contributed by atoms with Crippen LogP contribution < -0.4 is 5.32 Å². The summed E-state index contributed by atoms with van der Waals surface area (Å²) in [6, 6.07) is 10.1. The number of pyridine rings is 1. The van der Waals surface area contributed by atoms with E-state index >= 15 is 0 Å². The summed E-state index contributed by atoms with van der Waals surface area (Å²) in [5.74, 6) is -1.78. The first-order chi connectivity index (χ1) is 15.6. The van der Waals surface area contributed by atoms with E-state index < -0.39 is 17.5 Å². The summed E-state index contributed by atoms with van der Waals surface area (Å²) < 4.78 is 16.0. The van der Waals surface area contributed by atoms with Crippen LogP contribution in [0.25, 0.3) is 16.7 Å². The molecule has 0 unspecified atom stereocenters. The predicted molar refractivity (Wildman–Crippen MR) is 115 cm³/mol. The summed E-state index contributed by atoms with van der Waals surface area (Å²) in [5.41, 5.74) is 1.28. The molecule has 10 heteroatoms. The van der Waals surface area contributed by atoms with Crippen LogP contribution in [0.1, 0.15) is 23.2 Å². The average Bonchev–Trinajstić information content (AvgIpc) is 3.51. The number of piperidine rings is 1. The van der Waals surface area contributed by atoms with Crippen molar-refractivity contribution in [1.82, 2.24) is 29.9 Å². The third kappa shape index (κ3) is 3.59. The molecule has 0 radical (unpaired) electrons. The number of H-pyrrole nitrogens is 1. The average molecular weight is 433 g/mol. The number of amides is 1. The molecule has 4 heterocycles. The molecule has 1 aliphatic heterocycles. The molecule has 0 atom stereocenters. The Balaban J connectivity index is 1.33. The number of nitrogens with one attached hydrogen (secondary N) is 2. The molecule has 32 heavy (non-hydrogen) atoms. The Morgan fingerprint density at radius 1 is 1.16 bits per heavy atom. The molecule has 9 nitrogen and oxygen atoms in total. The fourth-order valence-electron chi connectivity index (χ4n) is 4.02. The summed E-state index contributed by atoms with van der Waals surface area (Å²) in [6.45, 7) is 0.900. The molecule has 0 aliphatic carbocycles. The maximum absolute atomic E-state index is 14.6. The number of hydrogen-bond donors (Lipinski definition) is 2. The summed E-state index contributed by atoms with van der Waals surface area (Å²) in [5, 5.41) is 11.1. The van der Waals surface area contributed by atoms with Crippen molar-refractivity contribution in [2.45, 2.75) is 18.9 Å². The number of aromatic amines is 1. The molecule has 3 aromatic heterocycles. The summed E-state index contributed by atoms with van der Waals surface area (Å²) in [7, 11) is 0. The van der Waals surface area contributed by atoms with Gasteiger partial charge in [0.15, 0.2) is 11.6 Å². The fourth-order valence-corrected chi connectivity index (χ4v) is 4.02. The van der Waals surface area contributed by atoms with Gasteiger partial charge in [-0.3, -0.25) is 9.59 Å². The highest BCUT2D eigenvalue weighted by atomic mass is 19.1. The van der Waals surface area contributed by atoms with E-state index in [4.69, 9.17) is 0 Å². The lowest BCUT2D eigenvalue weighted by Crippen LogP contribution is -2.45. The van der Waals surface area contributed by atoms with Gasteiger partial charge in [-0.25, -0.2) is 14.1 Å². The summed E-state index contributed by atoms with van der Waals surface area (Å²) in [4.78, 5) is 34.3. The van der Waals surface area contributed by atoms with Crippen LogP contribution in [0.5, 0.6) is 0 Å². The molecule has 1 saturated heterocycles. The Hall–Kier alpha value is -4.08. The number of nitrogens with zero attached hydrogens (tertiary/aromatic N) is 5. The maximum Gasteiger partial charge on any atom is 0.295 e. The van der Waals surface area contributed by atoms with E-state index in [0.717, 1.165) is 24.7 Å². The van der Waals surface area contributed by atoms with Crippen molar-refractivity contribution in [3.8, 4) is 5.82 Å². The first kappa shape index (κ1) is 19.9. The molecule has 2 N–H and O–H groups in total. The van der Waals surface area contributed by atoms with Crippen LogP contribution in [0, 0.1) is 5.82 Å². The Bertz CT molecular complexity index is 1260. The minimum absolute atomic E-state index is 0.0178. The number of halogens is 1. The first-order valence-electron chi connectivity index (χ1n) is 10.3. The Morgan fingerprint density at radius 3 is 2.66 bits per heavy atom. The minimum Gasteiger partial charge on any atom is -0.382 e. The van der Waals surface area contributed by atoms with Gasteiger partial charge in [0, 0.05) is 31.0 Å². The van der Waals surface area contributed by atoms with E-state index in [1.54, 1.807) is 6.20 Å². The van der Waals surface area contributed by atoms with Crippen LogP contribution in [-0.2, 0) is 4.79 Å². The number of likely N-dealkylation sites (tertiary alicyclic amines) is 1. The lowest BCUT2D eigenvalue weighted by atomic mass is 10.0. The lowest BCUT2D eigenvalue weighted by molar-refractivity contribution is -0.127. The molecule has 0 bridgehead atoms. The van der Waals surface area contributed by atoms with Gasteiger partial charge in [0.25, 0.3) is 11.7 Å². The maximum atomic E-state index is 14.6. The van der Waals surface area contributed by atoms with E-state index in [2.05, 4.69) is 25.6 Å². The Labute approximate surface area is 182 Å². The van der Waals surface area contributed by atoms with Gasteiger partial charge in [-0.15, -0.1) is 5.10 Å². The number of hydrogen-bond acceptors (Lipinski definition) is 6. The van der Waals surface area contributed by atoms with E-state index in [1.807, 2.05) is 30.3 Å². The van der Waals surface area contributed by atoms with Crippen LogP contribution in [0.3, 0.4) is 0 Å². The molecule has 4 aromatic rings. The Morgan fingerprint density at radius 2 is 1.94 bits per heavy atom. The minimum atomic E-state index is -0.750. The zero-order valence-electron chi connectivity index (χ0n) is 17.0. The number of rotatable bonds is 5. The highest BCUT2D eigenvalue weighted by Gasteiger charge is 2.30. The number of fused-ring (bicyclic) bond motifs is 1. The normalized spacial score (nSPS) is 14.6. The summed E-state index contributed by atoms with van der Waals surface area (Å²) >= 11 is 0. The van der Waals surface area contributed by atoms with Gasteiger partial charge < -0.3 is 15.2 Å². The number of anilines is 1. The van der Waals surface area contributed by atoms with Crippen LogP contribution in [0.4, 0.5) is 10.1 Å². The lowest BCUT2D eigenvalue weighted by Gasteiger charge is -2.32. The molecule has 1 fully saturated rings. The van der Waals surface area contributed by atoms with Gasteiger partial charge in [0.1, 0.15) is 0 Å². The summed E-state index contributed by atoms with van der Waals surface area (Å²) in [6.07, 6.45) is 6.81. The monoisotopic (exact) mass is 433 g/mol. The highest BCUT2D eigenvalue weighted by Crippen LogP contribution is 2.26. The number of aromatic nitrogens is 5. The van der Waals surface area contributed by atoms with Crippen molar-refractivity contribution in [2.24, 2.45) is 0 Å². The van der Waals surface area contributed by atoms with Gasteiger partial charge in [-0.05, 0) is 25.0 Å². The number of benzene rings is 1. The third-order valence-electron chi connectivity index (χ3n) is 5.65. The smallest absolute Gasteiger partial charge is 0.295 e. The Kier molecular flexibility index (Phi) is 5.10. The second-order valence-electron chi connectivity index (χ2n) is 7.64. The highest BCUT2D eigenvalue weighted by molar-refractivity contribution is 6.45. The largest absolute Gasteiger partial charge is 0.382 e. The molecule has 1 aliphatic rings. The number of ketones is 1. The number of Topliss-reactive ketones (excluding diaryl/α,β-unsaturated/α-hetero) is 1. The van der Waals surface area contributed by atoms with E-state index in [9.17, 15) is 14.0 Å². The van der Waals surface area contributed by atoms with Crippen LogP contribution in [0.2, 0.25) is 0 Å². The second kappa shape index (κ2) is 8.22. The van der Waals surface area contributed by atoms with Gasteiger partial charge in [-0.2, -0.15) is 0 Å².